The van der Waals surface area contributed by atoms with Crippen LogP contribution < -0.4 is 5.73 Å². The predicted molar refractivity (Wildman–Crippen MR) is 66.0 cm³/mol. The monoisotopic (exact) mass is 216 g/mol. The normalized spacial score (nSPS) is 34.2. The molecule has 0 amide bonds. The van der Waals surface area contributed by atoms with Gasteiger partial charge in [-0.05, 0) is 37.3 Å². The molecule has 1 aliphatic carbocycles. The van der Waals surface area contributed by atoms with Crippen LogP contribution in [-0.4, -0.2) is 23.5 Å². The number of fused-ring (bicyclic) bond motifs is 1. The number of hydrogen-bond donors (Lipinski definition) is 1. The SMILES string of the molecule is NC1CCC2CCN(Cc3ccccc3)C12. The van der Waals surface area contributed by atoms with Crippen LogP contribution >= 0.6 is 0 Å². The minimum absolute atomic E-state index is 0.413. The summed E-state index contributed by atoms with van der Waals surface area (Å²) in [5.74, 6) is 0.874. The van der Waals surface area contributed by atoms with Crippen molar-refractivity contribution in [1.29, 1.82) is 0 Å². The van der Waals surface area contributed by atoms with Gasteiger partial charge in [0.1, 0.15) is 0 Å². The van der Waals surface area contributed by atoms with Crippen molar-refractivity contribution in [2.75, 3.05) is 6.54 Å². The Morgan fingerprint density at radius 1 is 1.12 bits per heavy atom. The van der Waals surface area contributed by atoms with E-state index in [4.69, 9.17) is 5.73 Å². The highest BCUT2D eigenvalue weighted by Gasteiger charge is 2.42. The molecule has 2 aliphatic rings. The van der Waals surface area contributed by atoms with Crippen LogP contribution in [0.5, 0.6) is 0 Å². The molecular formula is C14H20N2. The topological polar surface area (TPSA) is 29.3 Å². The van der Waals surface area contributed by atoms with Gasteiger partial charge in [0.05, 0.1) is 0 Å². The fourth-order valence-corrected chi connectivity index (χ4v) is 3.46. The van der Waals surface area contributed by atoms with E-state index in [1.165, 1.54) is 31.4 Å². The summed E-state index contributed by atoms with van der Waals surface area (Å²) in [5.41, 5.74) is 7.64. The zero-order valence-corrected chi connectivity index (χ0v) is 9.68. The first-order valence-electron chi connectivity index (χ1n) is 6.38. The van der Waals surface area contributed by atoms with Crippen LogP contribution in [0.4, 0.5) is 0 Å². The molecule has 1 aromatic carbocycles. The maximum atomic E-state index is 6.22. The van der Waals surface area contributed by atoms with Crippen LogP contribution in [0.25, 0.3) is 0 Å². The molecule has 2 nitrogen and oxygen atoms in total. The standard InChI is InChI=1S/C14H20N2/c15-13-7-6-12-8-9-16(14(12)13)10-11-4-2-1-3-5-11/h1-5,12-14H,6-10,15H2. The number of rotatable bonds is 2. The summed E-state index contributed by atoms with van der Waals surface area (Å²) in [6.45, 7) is 2.31. The van der Waals surface area contributed by atoms with Gasteiger partial charge in [0.2, 0.25) is 0 Å². The van der Waals surface area contributed by atoms with Crippen LogP contribution in [0.3, 0.4) is 0 Å². The van der Waals surface area contributed by atoms with E-state index in [1.54, 1.807) is 0 Å². The van der Waals surface area contributed by atoms with Gasteiger partial charge in [-0.1, -0.05) is 30.3 Å². The number of nitrogens with two attached hydrogens (primary N) is 1. The minimum atomic E-state index is 0.413. The largest absolute Gasteiger partial charge is 0.326 e. The maximum Gasteiger partial charge on any atom is 0.0279 e. The molecule has 0 bridgehead atoms. The van der Waals surface area contributed by atoms with Gasteiger partial charge in [-0.3, -0.25) is 4.90 Å². The van der Waals surface area contributed by atoms with Crippen LogP contribution in [0.1, 0.15) is 24.8 Å². The predicted octanol–water partition coefficient (Wildman–Crippen LogP) is 2.00. The molecule has 3 unspecified atom stereocenters. The molecular weight excluding hydrogens is 196 g/mol. The molecule has 1 aliphatic heterocycles. The zero-order chi connectivity index (χ0) is 11.0. The van der Waals surface area contributed by atoms with Gasteiger partial charge >= 0.3 is 0 Å². The smallest absolute Gasteiger partial charge is 0.0279 e. The third-order valence-corrected chi connectivity index (χ3v) is 4.23. The molecule has 1 saturated carbocycles. The Morgan fingerprint density at radius 2 is 1.94 bits per heavy atom. The van der Waals surface area contributed by atoms with Gasteiger partial charge in [-0.25, -0.2) is 0 Å². The Hall–Kier alpha value is -0.860. The lowest BCUT2D eigenvalue weighted by Crippen LogP contribution is -2.42. The number of likely N-dealkylation sites (tertiary alicyclic amines) is 1. The van der Waals surface area contributed by atoms with Crippen molar-refractivity contribution >= 4 is 0 Å². The zero-order valence-electron chi connectivity index (χ0n) is 9.68. The summed E-state index contributed by atoms with van der Waals surface area (Å²) in [6.07, 6.45) is 3.92. The summed E-state index contributed by atoms with van der Waals surface area (Å²) in [4.78, 5) is 2.59. The van der Waals surface area contributed by atoms with E-state index in [2.05, 4.69) is 35.2 Å². The van der Waals surface area contributed by atoms with E-state index in [0.29, 0.717) is 12.1 Å². The number of benzene rings is 1. The second kappa shape index (κ2) is 4.19. The fraction of sp³-hybridized carbons (Fsp3) is 0.571. The number of nitrogens with zero attached hydrogens (tertiary/aromatic N) is 1. The van der Waals surface area contributed by atoms with Crippen molar-refractivity contribution in [3.8, 4) is 0 Å². The first kappa shape index (κ1) is 10.3. The molecule has 2 fully saturated rings. The molecule has 86 valence electrons. The van der Waals surface area contributed by atoms with Crippen molar-refractivity contribution in [1.82, 2.24) is 4.90 Å². The molecule has 0 spiro atoms. The Kier molecular flexibility index (Phi) is 2.70. The number of hydrogen-bond acceptors (Lipinski definition) is 2. The van der Waals surface area contributed by atoms with Crippen LogP contribution in [0.2, 0.25) is 0 Å². The quantitative estimate of drug-likeness (QED) is 0.819. The maximum absolute atomic E-state index is 6.22. The lowest BCUT2D eigenvalue weighted by atomic mass is 10.0. The Balaban J connectivity index is 1.72. The van der Waals surface area contributed by atoms with Crippen molar-refractivity contribution in [2.45, 2.75) is 37.9 Å². The Labute approximate surface area is 97.4 Å². The summed E-state index contributed by atoms with van der Waals surface area (Å²) in [7, 11) is 0. The van der Waals surface area contributed by atoms with Gasteiger partial charge in [-0.15, -0.1) is 0 Å². The summed E-state index contributed by atoms with van der Waals surface area (Å²) < 4.78 is 0. The van der Waals surface area contributed by atoms with Crippen molar-refractivity contribution < 1.29 is 0 Å². The van der Waals surface area contributed by atoms with Gasteiger partial charge < -0.3 is 5.73 Å². The molecule has 0 aromatic heterocycles. The fourth-order valence-electron chi connectivity index (χ4n) is 3.46. The molecule has 1 heterocycles. The lowest BCUT2D eigenvalue weighted by Gasteiger charge is -2.27. The molecule has 1 saturated heterocycles. The van der Waals surface area contributed by atoms with Crippen molar-refractivity contribution in [3.05, 3.63) is 35.9 Å². The third kappa shape index (κ3) is 1.76. The second-order valence-corrected chi connectivity index (χ2v) is 5.24. The van der Waals surface area contributed by atoms with E-state index >= 15 is 0 Å². The molecule has 2 N–H and O–H groups in total. The van der Waals surface area contributed by atoms with Crippen molar-refractivity contribution in [3.63, 3.8) is 0 Å². The molecule has 3 rings (SSSR count). The Morgan fingerprint density at radius 3 is 2.75 bits per heavy atom. The van der Waals surface area contributed by atoms with Gasteiger partial charge in [0.15, 0.2) is 0 Å². The summed E-state index contributed by atoms with van der Waals surface area (Å²) in [5, 5.41) is 0. The van der Waals surface area contributed by atoms with Crippen molar-refractivity contribution in [2.24, 2.45) is 11.7 Å². The Bertz CT molecular complexity index is 349. The second-order valence-electron chi connectivity index (χ2n) is 5.24. The summed E-state index contributed by atoms with van der Waals surface area (Å²) >= 11 is 0. The van der Waals surface area contributed by atoms with Gasteiger partial charge in [0, 0.05) is 18.6 Å². The van der Waals surface area contributed by atoms with Gasteiger partial charge in [0.25, 0.3) is 0 Å². The molecule has 3 atom stereocenters. The average molecular weight is 216 g/mol. The van der Waals surface area contributed by atoms with E-state index < -0.39 is 0 Å². The average Bonchev–Trinajstić information content (AvgIpc) is 2.86. The molecule has 2 heteroatoms. The minimum Gasteiger partial charge on any atom is -0.326 e. The van der Waals surface area contributed by atoms with E-state index in [-0.39, 0.29) is 0 Å². The highest BCUT2D eigenvalue weighted by molar-refractivity contribution is 5.15. The molecule has 0 radical (unpaired) electrons. The first-order chi connectivity index (χ1) is 7.84. The highest BCUT2D eigenvalue weighted by Crippen LogP contribution is 2.37. The van der Waals surface area contributed by atoms with Crippen LogP contribution in [0.15, 0.2) is 30.3 Å². The van der Waals surface area contributed by atoms with Crippen LogP contribution in [-0.2, 0) is 6.54 Å². The molecule has 1 aromatic rings. The third-order valence-electron chi connectivity index (χ3n) is 4.23. The highest BCUT2D eigenvalue weighted by atomic mass is 15.2. The van der Waals surface area contributed by atoms with Crippen LogP contribution in [0, 0.1) is 5.92 Å². The van der Waals surface area contributed by atoms with E-state index in [9.17, 15) is 0 Å². The van der Waals surface area contributed by atoms with Gasteiger partial charge in [-0.2, -0.15) is 0 Å². The van der Waals surface area contributed by atoms with E-state index in [1.807, 2.05) is 0 Å². The summed E-state index contributed by atoms with van der Waals surface area (Å²) in [6, 6.07) is 11.8. The lowest BCUT2D eigenvalue weighted by molar-refractivity contribution is 0.216. The molecule has 16 heavy (non-hydrogen) atoms. The first-order valence-corrected chi connectivity index (χ1v) is 6.38. The van der Waals surface area contributed by atoms with E-state index in [0.717, 1.165) is 12.5 Å².